The van der Waals surface area contributed by atoms with Gasteiger partial charge in [0, 0.05) is 31.7 Å². The molecule has 2 N–H and O–H groups in total. The lowest BCUT2D eigenvalue weighted by Crippen LogP contribution is -2.32. The van der Waals surface area contributed by atoms with Crippen molar-refractivity contribution in [2.24, 2.45) is 11.7 Å². The normalized spacial score (nSPS) is 24.8. The Labute approximate surface area is 147 Å². The van der Waals surface area contributed by atoms with E-state index in [0.29, 0.717) is 32.8 Å². The maximum atomic E-state index is 14.2. The van der Waals surface area contributed by atoms with Crippen LogP contribution in [0.1, 0.15) is 12.8 Å². The smallest absolute Gasteiger partial charge is 0.243 e. The number of benzene rings is 1. The van der Waals surface area contributed by atoms with Crippen LogP contribution in [0.5, 0.6) is 5.75 Å². The Morgan fingerprint density at radius 3 is 2.75 bits per heavy atom. The van der Waals surface area contributed by atoms with Gasteiger partial charge in [0.15, 0.2) is 11.6 Å². The van der Waals surface area contributed by atoms with Crippen LogP contribution in [0.4, 0.5) is 4.39 Å². The third-order valence-electron chi connectivity index (χ3n) is 4.23. The molecule has 1 unspecified atom stereocenters. The van der Waals surface area contributed by atoms with Crippen LogP contribution in [0.3, 0.4) is 0 Å². The number of rotatable bonds is 5. The first-order chi connectivity index (χ1) is 11.0. The second-order valence-electron chi connectivity index (χ2n) is 6.04. The fourth-order valence-corrected chi connectivity index (χ4v) is 4.33. The molecule has 2 fully saturated rings. The molecule has 0 amide bonds. The van der Waals surface area contributed by atoms with Crippen molar-refractivity contribution in [1.29, 1.82) is 0 Å². The Bertz CT molecular complexity index is 667. The molecule has 2 aliphatic heterocycles. The average molecular weight is 381 g/mol. The SMILES string of the molecule is Cl.N[C@@H]1CCN(S(=O)(=O)c2ccc(OCC3CCOC3)c(F)c2)C1. The Hall–Kier alpha value is -0.930. The van der Waals surface area contributed by atoms with Crippen LogP contribution in [0.2, 0.25) is 0 Å². The number of ether oxygens (including phenoxy) is 2. The van der Waals surface area contributed by atoms with E-state index >= 15 is 0 Å². The van der Waals surface area contributed by atoms with Crippen LogP contribution in [0, 0.1) is 11.7 Å². The van der Waals surface area contributed by atoms with Gasteiger partial charge in [-0.05, 0) is 31.0 Å². The van der Waals surface area contributed by atoms with Crippen LogP contribution >= 0.6 is 12.4 Å². The molecule has 0 radical (unpaired) electrons. The number of nitrogens with zero attached hydrogens (tertiary/aromatic N) is 1. The van der Waals surface area contributed by atoms with Gasteiger partial charge >= 0.3 is 0 Å². The van der Waals surface area contributed by atoms with Crippen molar-refractivity contribution in [1.82, 2.24) is 4.31 Å². The van der Waals surface area contributed by atoms with Gasteiger partial charge in [0.05, 0.1) is 18.1 Å². The van der Waals surface area contributed by atoms with E-state index in [1.54, 1.807) is 0 Å². The molecular weight excluding hydrogens is 359 g/mol. The van der Waals surface area contributed by atoms with Gasteiger partial charge in [-0.15, -0.1) is 12.4 Å². The van der Waals surface area contributed by atoms with Crippen molar-refractivity contribution in [3.63, 3.8) is 0 Å². The summed E-state index contributed by atoms with van der Waals surface area (Å²) in [5.74, 6) is -0.355. The third-order valence-corrected chi connectivity index (χ3v) is 6.09. The molecule has 0 spiro atoms. The van der Waals surface area contributed by atoms with E-state index in [2.05, 4.69) is 0 Å². The molecule has 2 saturated heterocycles. The zero-order chi connectivity index (χ0) is 16.4. The number of nitrogens with two attached hydrogens (primary N) is 1. The highest BCUT2D eigenvalue weighted by Crippen LogP contribution is 2.26. The van der Waals surface area contributed by atoms with E-state index in [1.165, 1.54) is 16.4 Å². The first-order valence-corrected chi connectivity index (χ1v) is 9.16. The largest absolute Gasteiger partial charge is 0.490 e. The van der Waals surface area contributed by atoms with E-state index in [-0.39, 0.29) is 41.6 Å². The molecule has 0 aromatic heterocycles. The van der Waals surface area contributed by atoms with Crippen LogP contribution < -0.4 is 10.5 Å². The molecule has 3 rings (SSSR count). The van der Waals surface area contributed by atoms with Crippen LogP contribution in [0.15, 0.2) is 23.1 Å². The van der Waals surface area contributed by atoms with Crippen molar-refractivity contribution in [2.45, 2.75) is 23.8 Å². The van der Waals surface area contributed by atoms with Gasteiger partial charge in [0.2, 0.25) is 10.0 Å². The topological polar surface area (TPSA) is 81.9 Å². The van der Waals surface area contributed by atoms with Crippen molar-refractivity contribution < 1.29 is 22.3 Å². The highest BCUT2D eigenvalue weighted by molar-refractivity contribution is 7.89. The molecule has 2 atom stereocenters. The summed E-state index contributed by atoms with van der Waals surface area (Å²) in [5.41, 5.74) is 5.74. The van der Waals surface area contributed by atoms with Gasteiger partial charge in [-0.3, -0.25) is 0 Å². The maximum Gasteiger partial charge on any atom is 0.243 e. The number of hydrogen-bond donors (Lipinski definition) is 1. The second-order valence-corrected chi connectivity index (χ2v) is 7.98. The minimum atomic E-state index is -3.70. The lowest BCUT2D eigenvalue weighted by molar-refractivity contribution is 0.165. The highest BCUT2D eigenvalue weighted by Gasteiger charge is 2.31. The summed E-state index contributed by atoms with van der Waals surface area (Å²) >= 11 is 0. The molecule has 0 saturated carbocycles. The molecule has 1 aromatic carbocycles. The number of sulfonamides is 1. The van der Waals surface area contributed by atoms with E-state index < -0.39 is 15.8 Å². The van der Waals surface area contributed by atoms with Crippen LogP contribution in [0.25, 0.3) is 0 Å². The van der Waals surface area contributed by atoms with E-state index in [9.17, 15) is 12.8 Å². The second kappa shape index (κ2) is 7.97. The van der Waals surface area contributed by atoms with Crippen LogP contribution in [-0.2, 0) is 14.8 Å². The molecule has 9 heteroatoms. The summed E-state index contributed by atoms with van der Waals surface area (Å²) in [7, 11) is -3.70. The van der Waals surface area contributed by atoms with Gasteiger partial charge in [-0.1, -0.05) is 0 Å². The lowest BCUT2D eigenvalue weighted by Gasteiger charge is -2.17. The fraction of sp³-hybridized carbons (Fsp3) is 0.600. The molecule has 24 heavy (non-hydrogen) atoms. The van der Waals surface area contributed by atoms with Gasteiger partial charge in [-0.25, -0.2) is 12.8 Å². The summed E-state index contributed by atoms with van der Waals surface area (Å²) in [6.07, 6.45) is 1.51. The zero-order valence-electron chi connectivity index (χ0n) is 13.2. The van der Waals surface area contributed by atoms with Gasteiger partial charge in [-0.2, -0.15) is 4.31 Å². The first kappa shape index (κ1) is 19.4. The highest BCUT2D eigenvalue weighted by atomic mass is 35.5. The van der Waals surface area contributed by atoms with Gasteiger partial charge in [0.1, 0.15) is 0 Å². The number of halogens is 2. The molecule has 1 aromatic rings. The van der Waals surface area contributed by atoms with Crippen molar-refractivity contribution in [3.8, 4) is 5.75 Å². The minimum Gasteiger partial charge on any atom is -0.490 e. The standard InChI is InChI=1S/C15H21FN2O4S.ClH/c16-14-7-13(23(19,20)18-5-3-12(17)8-18)1-2-15(14)22-10-11-4-6-21-9-11;/h1-2,7,11-12H,3-6,8-10,17H2;1H/t11?,12-;/m1./s1. The van der Waals surface area contributed by atoms with E-state index in [0.717, 1.165) is 12.5 Å². The van der Waals surface area contributed by atoms with Crippen molar-refractivity contribution in [3.05, 3.63) is 24.0 Å². The van der Waals surface area contributed by atoms with Crippen LogP contribution in [-0.4, -0.2) is 51.7 Å². The maximum absolute atomic E-state index is 14.2. The summed E-state index contributed by atoms with van der Waals surface area (Å²) in [4.78, 5) is -0.0688. The predicted molar refractivity (Wildman–Crippen MR) is 89.4 cm³/mol. The van der Waals surface area contributed by atoms with Crippen molar-refractivity contribution in [2.75, 3.05) is 32.9 Å². The molecule has 2 aliphatic rings. The Kier molecular flexibility index (Phi) is 6.44. The summed E-state index contributed by atoms with van der Waals surface area (Å²) in [6.45, 7) is 2.31. The van der Waals surface area contributed by atoms with E-state index in [1.807, 2.05) is 0 Å². The molecule has 2 heterocycles. The molecule has 0 bridgehead atoms. The van der Waals surface area contributed by atoms with Gasteiger partial charge in [0.25, 0.3) is 0 Å². The molecule has 136 valence electrons. The van der Waals surface area contributed by atoms with Crippen molar-refractivity contribution >= 4 is 22.4 Å². The van der Waals surface area contributed by atoms with E-state index in [4.69, 9.17) is 15.2 Å². The fourth-order valence-electron chi connectivity index (χ4n) is 2.80. The molecular formula is C15H22ClFN2O4S. The Morgan fingerprint density at radius 2 is 2.17 bits per heavy atom. The predicted octanol–water partition coefficient (Wildman–Crippen LogP) is 1.38. The Morgan fingerprint density at radius 1 is 1.38 bits per heavy atom. The summed E-state index contributed by atoms with van der Waals surface area (Å²) in [6, 6.07) is 3.60. The number of hydrogen-bond acceptors (Lipinski definition) is 5. The first-order valence-electron chi connectivity index (χ1n) is 7.72. The molecule has 0 aliphatic carbocycles. The molecule has 6 nitrogen and oxygen atoms in total. The Balaban J connectivity index is 0.00000208. The third kappa shape index (κ3) is 4.18. The van der Waals surface area contributed by atoms with Gasteiger partial charge < -0.3 is 15.2 Å². The monoisotopic (exact) mass is 380 g/mol. The minimum absolute atomic E-state index is 0. The summed E-state index contributed by atoms with van der Waals surface area (Å²) < 4.78 is 51.0. The zero-order valence-corrected chi connectivity index (χ0v) is 14.8. The average Bonchev–Trinajstić information content (AvgIpc) is 3.17. The quantitative estimate of drug-likeness (QED) is 0.834. The summed E-state index contributed by atoms with van der Waals surface area (Å²) in [5, 5.41) is 0. The lowest BCUT2D eigenvalue weighted by atomic mass is 10.1.